The summed E-state index contributed by atoms with van der Waals surface area (Å²) in [5, 5.41) is 59.7. The third-order valence-corrected chi connectivity index (χ3v) is 5.79. The molecule has 6 N–H and O–H groups in total. The van der Waals surface area contributed by atoms with Gasteiger partial charge in [-0.25, -0.2) is 4.79 Å². The van der Waals surface area contributed by atoms with E-state index in [9.17, 15) is 40.2 Å². The Hall–Kier alpha value is -3.68. The lowest BCUT2D eigenvalue weighted by Crippen LogP contribution is -2.60. The number of rotatable bonds is 5. The van der Waals surface area contributed by atoms with Crippen molar-refractivity contribution in [2.45, 2.75) is 57.1 Å². The van der Waals surface area contributed by atoms with E-state index in [4.69, 9.17) is 18.6 Å². The van der Waals surface area contributed by atoms with E-state index < -0.39 is 65.8 Å². The maximum atomic E-state index is 13.6. The Labute approximate surface area is 215 Å². The molecule has 0 aliphatic carbocycles. The van der Waals surface area contributed by atoms with Gasteiger partial charge in [-0.05, 0) is 38.5 Å². The van der Waals surface area contributed by atoms with Crippen molar-refractivity contribution in [3.8, 4) is 28.4 Å². The smallest absolute Gasteiger partial charge is 0.375 e. The van der Waals surface area contributed by atoms with E-state index in [1.165, 1.54) is 24.3 Å². The highest BCUT2D eigenvalue weighted by Crippen LogP contribution is 2.35. The third-order valence-electron chi connectivity index (χ3n) is 5.79. The fourth-order valence-corrected chi connectivity index (χ4v) is 4.00. The van der Waals surface area contributed by atoms with Crippen LogP contribution in [0, 0.1) is 0 Å². The van der Waals surface area contributed by atoms with Crippen molar-refractivity contribution in [3.05, 3.63) is 52.4 Å². The van der Waals surface area contributed by atoms with E-state index in [1.54, 1.807) is 20.8 Å². The van der Waals surface area contributed by atoms with Gasteiger partial charge >= 0.3 is 5.97 Å². The summed E-state index contributed by atoms with van der Waals surface area (Å²) < 4.78 is 22.0. The highest BCUT2D eigenvalue weighted by atomic mass is 16.7. The van der Waals surface area contributed by atoms with Crippen molar-refractivity contribution in [2.75, 3.05) is 6.61 Å². The lowest BCUT2D eigenvalue weighted by Gasteiger charge is -2.39. The fraction of sp³-hybridized carbons (Fsp3) is 0.385. The third kappa shape index (κ3) is 5.30. The molecule has 0 saturated carbocycles. The Morgan fingerprint density at radius 1 is 1.00 bits per heavy atom. The molecule has 12 nitrogen and oxygen atoms in total. The highest BCUT2D eigenvalue weighted by Gasteiger charge is 2.44. The van der Waals surface area contributed by atoms with Gasteiger partial charge in [0.15, 0.2) is 0 Å². The molecule has 1 saturated heterocycles. The van der Waals surface area contributed by atoms with Crippen molar-refractivity contribution in [1.29, 1.82) is 0 Å². The average Bonchev–Trinajstić information content (AvgIpc) is 2.83. The normalized spacial score (nSPS) is 23.8. The second-order valence-corrected chi connectivity index (χ2v) is 9.81. The lowest BCUT2D eigenvalue weighted by atomic mass is 9.99. The molecule has 5 atom stereocenters. The zero-order valence-corrected chi connectivity index (χ0v) is 20.7. The number of aromatic hydroxyl groups is 2. The van der Waals surface area contributed by atoms with Crippen LogP contribution in [-0.4, -0.2) is 79.5 Å². The number of benzene rings is 2. The predicted octanol–water partition coefficient (Wildman–Crippen LogP) is 1.01. The summed E-state index contributed by atoms with van der Waals surface area (Å²) in [5.41, 5.74) is -1.95. The molecule has 3 aromatic rings. The zero-order valence-electron chi connectivity index (χ0n) is 20.7. The molecule has 0 bridgehead atoms. The number of hydrogen-bond acceptors (Lipinski definition) is 12. The highest BCUT2D eigenvalue weighted by molar-refractivity contribution is 5.99. The molecule has 1 fully saturated rings. The summed E-state index contributed by atoms with van der Waals surface area (Å²) in [5.74, 6) is -2.27. The van der Waals surface area contributed by atoms with Crippen molar-refractivity contribution in [1.82, 2.24) is 0 Å². The Kier molecular flexibility index (Phi) is 7.37. The number of hydrogen-bond donors (Lipinski definition) is 6. The van der Waals surface area contributed by atoms with Crippen molar-refractivity contribution >= 4 is 16.9 Å². The second kappa shape index (κ2) is 10.2. The number of carbonyl (C=O) groups excluding carboxylic acids is 1. The number of phenols is 2. The van der Waals surface area contributed by atoms with Crippen LogP contribution in [0.4, 0.5) is 0 Å². The number of aliphatic hydroxyl groups excluding tert-OH is 4. The van der Waals surface area contributed by atoms with Gasteiger partial charge in [-0.3, -0.25) is 4.79 Å². The zero-order chi connectivity index (χ0) is 27.9. The van der Waals surface area contributed by atoms with Crippen LogP contribution in [-0.2, 0) is 9.47 Å². The van der Waals surface area contributed by atoms with E-state index in [0.29, 0.717) is 0 Å². The minimum atomic E-state index is -1.73. The van der Waals surface area contributed by atoms with Crippen LogP contribution >= 0.6 is 0 Å². The Bertz CT molecular complexity index is 1390. The fourth-order valence-electron chi connectivity index (χ4n) is 4.00. The molecule has 204 valence electrons. The van der Waals surface area contributed by atoms with Crippen LogP contribution in [0.5, 0.6) is 17.2 Å². The lowest BCUT2D eigenvalue weighted by molar-refractivity contribution is -0.277. The maximum Gasteiger partial charge on any atom is 0.375 e. The first-order valence-electron chi connectivity index (χ1n) is 11.6. The SMILES string of the molecule is CC(C)(C)OC(=O)c1oc2cc(O[C@@H]3OC(CO)[C@@H](O)C(O)C3O)cc(O)c2c(=O)c1-c1ccc(O)cc1. The van der Waals surface area contributed by atoms with Crippen molar-refractivity contribution < 1.29 is 54.1 Å². The van der Waals surface area contributed by atoms with Gasteiger partial charge in [0.25, 0.3) is 0 Å². The van der Waals surface area contributed by atoms with E-state index in [0.717, 1.165) is 12.1 Å². The van der Waals surface area contributed by atoms with Gasteiger partial charge < -0.3 is 49.3 Å². The van der Waals surface area contributed by atoms with Crippen LogP contribution in [0.15, 0.2) is 45.6 Å². The van der Waals surface area contributed by atoms with E-state index in [1.807, 2.05) is 0 Å². The Morgan fingerprint density at radius 3 is 2.26 bits per heavy atom. The van der Waals surface area contributed by atoms with Gasteiger partial charge in [-0.15, -0.1) is 0 Å². The predicted molar refractivity (Wildman–Crippen MR) is 131 cm³/mol. The maximum absolute atomic E-state index is 13.6. The summed E-state index contributed by atoms with van der Waals surface area (Å²) in [6.07, 6.45) is -7.85. The summed E-state index contributed by atoms with van der Waals surface area (Å²) in [6, 6.07) is 7.62. The number of esters is 1. The molecule has 38 heavy (non-hydrogen) atoms. The molecule has 4 rings (SSSR count). The van der Waals surface area contributed by atoms with Crippen molar-refractivity contribution in [3.63, 3.8) is 0 Å². The molecule has 3 unspecified atom stereocenters. The standard InChI is InChI=1S/C26H28O12/c1-26(2,3)38-24(34)23-17(11-4-6-12(28)7-5-11)20(31)18-14(29)8-13(9-15(18)36-23)35-25-22(33)21(32)19(30)16(10-27)37-25/h4-9,16,19,21-22,25,27-30,32-33H,10H2,1-3H3/t16?,19-,21?,22?,25-/m1/s1. The van der Waals surface area contributed by atoms with Gasteiger partial charge in [0.05, 0.1) is 12.2 Å². The molecule has 0 radical (unpaired) electrons. The second-order valence-electron chi connectivity index (χ2n) is 9.81. The minimum absolute atomic E-state index is 0.0735. The van der Waals surface area contributed by atoms with E-state index >= 15 is 0 Å². The largest absolute Gasteiger partial charge is 0.508 e. The van der Waals surface area contributed by atoms with Crippen molar-refractivity contribution in [2.24, 2.45) is 0 Å². The molecule has 2 heterocycles. The van der Waals surface area contributed by atoms with Crippen LogP contribution in [0.25, 0.3) is 22.1 Å². The summed E-state index contributed by atoms with van der Waals surface area (Å²) in [4.78, 5) is 26.6. The molecule has 12 heteroatoms. The minimum Gasteiger partial charge on any atom is -0.508 e. The van der Waals surface area contributed by atoms with Gasteiger partial charge in [-0.1, -0.05) is 12.1 Å². The van der Waals surface area contributed by atoms with E-state index in [-0.39, 0.29) is 33.6 Å². The molecular weight excluding hydrogens is 504 g/mol. The van der Waals surface area contributed by atoms with Crippen LogP contribution in [0.1, 0.15) is 31.3 Å². The monoisotopic (exact) mass is 532 g/mol. The van der Waals surface area contributed by atoms with Gasteiger partial charge in [-0.2, -0.15) is 0 Å². The number of carbonyl (C=O) groups is 1. The summed E-state index contributed by atoms with van der Waals surface area (Å²) in [6.45, 7) is 4.20. The topological polar surface area (TPSA) is 196 Å². The summed E-state index contributed by atoms with van der Waals surface area (Å²) in [7, 11) is 0. The van der Waals surface area contributed by atoms with Gasteiger partial charge in [0.2, 0.25) is 17.5 Å². The molecule has 1 aliphatic heterocycles. The molecule has 2 aromatic carbocycles. The number of phenolic OH excluding ortho intramolecular Hbond substituents is 2. The molecule has 0 amide bonds. The molecule has 1 aliphatic rings. The number of fused-ring (bicyclic) bond motifs is 1. The van der Waals surface area contributed by atoms with Crippen LogP contribution < -0.4 is 10.2 Å². The summed E-state index contributed by atoms with van der Waals surface area (Å²) >= 11 is 0. The first-order valence-corrected chi connectivity index (χ1v) is 11.6. The first-order chi connectivity index (χ1) is 17.8. The number of ether oxygens (including phenoxy) is 3. The van der Waals surface area contributed by atoms with E-state index in [2.05, 4.69) is 0 Å². The van der Waals surface area contributed by atoms with Crippen LogP contribution in [0.2, 0.25) is 0 Å². The Balaban J connectivity index is 1.83. The Morgan fingerprint density at radius 2 is 1.66 bits per heavy atom. The quantitative estimate of drug-likeness (QED) is 0.256. The molecule has 0 spiro atoms. The first kappa shape index (κ1) is 27.4. The van der Waals surface area contributed by atoms with Gasteiger partial charge in [0, 0.05) is 12.1 Å². The van der Waals surface area contributed by atoms with Gasteiger partial charge in [0.1, 0.15) is 58.2 Å². The average molecular weight is 532 g/mol. The molecule has 1 aromatic heterocycles. The number of aliphatic hydroxyl groups is 4. The van der Waals surface area contributed by atoms with Crippen LogP contribution in [0.3, 0.4) is 0 Å². The molecular formula is C26H28O12.